The van der Waals surface area contributed by atoms with E-state index in [1.165, 1.54) is 11.8 Å². The second-order valence-electron chi connectivity index (χ2n) is 6.75. The largest absolute Gasteiger partial charge is 0.353 e. The second-order valence-corrected chi connectivity index (χ2v) is 6.75. The number of hydrogen-bond donors (Lipinski definition) is 0. The van der Waals surface area contributed by atoms with E-state index in [0.717, 1.165) is 17.7 Å². The Balaban J connectivity index is 1.84. The number of rotatable bonds is 3. The molecule has 0 N–H and O–H groups in total. The summed E-state index contributed by atoms with van der Waals surface area (Å²) in [7, 11) is 0. The number of nitrogens with zero attached hydrogens (tertiary/aromatic N) is 2. The first kappa shape index (κ1) is 15.1. The Labute approximate surface area is 140 Å². The molecular weight excluding hydrogens is 304 g/mol. The molecule has 0 radical (unpaired) electrons. The van der Waals surface area contributed by atoms with Gasteiger partial charge in [-0.2, -0.15) is 0 Å². The van der Waals surface area contributed by atoms with Crippen LogP contribution >= 0.6 is 0 Å². The minimum Gasteiger partial charge on any atom is -0.353 e. The zero-order chi connectivity index (χ0) is 17.0. The minimum absolute atomic E-state index is 0.0582. The van der Waals surface area contributed by atoms with Gasteiger partial charge in [0, 0.05) is 12.2 Å². The molecule has 124 valence electrons. The summed E-state index contributed by atoms with van der Waals surface area (Å²) in [6.45, 7) is 3.90. The van der Waals surface area contributed by atoms with Gasteiger partial charge in [0.1, 0.15) is 6.04 Å². The standard InChI is InChI=1S/C19H20N2O3/c1-3-10-20-18(23)15-14-9-8-12-6-4-5-7-13(12)21(14)17(11(2)22)16(15)19(20)24/h4-9,14-17H,3,10H2,1-2H3/t14-,15+,16+,17+/m1/s1. The topological polar surface area (TPSA) is 57.7 Å². The fraction of sp³-hybridized carbons (Fsp3) is 0.421. The van der Waals surface area contributed by atoms with Crippen LogP contribution in [0.4, 0.5) is 5.69 Å². The van der Waals surface area contributed by atoms with Gasteiger partial charge in [-0.05, 0) is 25.0 Å². The number of ketones is 1. The Kier molecular flexibility index (Phi) is 3.34. The highest BCUT2D eigenvalue weighted by atomic mass is 16.2. The summed E-state index contributed by atoms with van der Waals surface area (Å²) in [5.41, 5.74) is 1.95. The molecule has 0 spiro atoms. The summed E-state index contributed by atoms with van der Waals surface area (Å²) in [5, 5.41) is 0. The molecule has 3 aliphatic rings. The van der Waals surface area contributed by atoms with Crippen LogP contribution in [0.1, 0.15) is 25.8 Å². The first-order valence-corrected chi connectivity index (χ1v) is 8.47. The van der Waals surface area contributed by atoms with Crippen molar-refractivity contribution in [1.82, 2.24) is 4.90 Å². The fourth-order valence-electron chi connectivity index (χ4n) is 4.48. The molecule has 3 aliphatic heterocycles. The first-order chi connectivity index (χ1) is 11.6. The third-order valence-corrected chi connectivity index (χ3v) is 5.37. The quantitative estimate of drug-likeness (QED) is 0.797. The molecule has 24 heavy (non-hydrogen) atoms. The molecule has 4 rings (SSSR count). The lowest BCUT2D eigenvalue weighted by Crippen LogP contribution is -2.48. The highest BCUT2D eigenvalue weighted by Crippen LogP contribution is 2.48. The van der Waals surface area contributed by atoms with Crippen molar-refractivity contribution < 1.29 is 14.4 Å². The summed E-state index contributed by atoms with van der Waals surface area (Å²) < 4.78 is 0. The van der Waals surface area contributed by atoms with Crippen LogP contribution in [0.2, 0.25) is 0 Å². The third kappa shape index (κ3) is 1.84. The molecule has 2 amide bonds. The van der Waals surface area contributed by atoms with Crippen molar-refractivity contribution in [2.45, 2.75) is 32.4 Å². The van der Waals surface area contributed by atoms with Crippen molar-refractivity contribution in [3.8, 4) is 0 Å². The van der Waals surface area contributed by atoms with E-state index in [1.807, 2.05) is 48.2 Å². The number of carbonyl (C=O) groups excluding carboxylic acids is 3. The van der Waals surface area contributed by atoms with Crippen molar-refractivity contribution in [3.63, 3.8) is 0 Å². The van der Waals surface area contributed by atoms with Gasteiger partial charge in [0.05, 0.1) is 17.9 Å². The normalized spacial score (nSPS) is 30.4. The van der Waals surface area contributed by atoms with E-state index in [0.29, 0.717) is 6.54 Å². The number of Topliss-reactive ketones (excluding diaryl/α,β-unsaturated/α-hetero) is 1. The van der Waals surface area contributed by atoms with E-state index in [4.69, 9.17) is 0 Å². The smallest absolute Gasteiger partial charge is 0.235 e. The van der Waals surface area contributed by atoms with Gasteiger partial charge in [0.25, 0.3) is 0 Å². The van der Waals surface area contributed by atoms with Gasteiger partial charge in [-0.15, -0.1) is 0 Å². The molecule has 0 unspecified atom stereocenters. The number of amides is 2. The molecule has 0 aliphatic carbocycles. The summed E-state index contributed by atoms with van der Waals surface area (Å²) in [6, 6.07) is 7.03. The summed E-state index contributed by atoms with van der Waals surface area (Å²) in [5.74, 6) is -1.40. The van der Waals surface area contributed by atoms with Gasteiger partial charge >= 0.3 is 0 Å². The number of fused-ring (bicyclic) bond motifs is 5. The van der Waals surface area contributed by atoms with Crippen molar-refractivity contribution in [2.24, 2.45) is 11.8 Å². The number of hydrogen-bond acceptors (Lipinski definition) is 4. The van der Waals surface area contributed by atoms with Crippen LogP contribution in [0.15, 0.2) is 30.3 Å². The number of imide groups is 1. The van der Waals surface area contributed by atoms with E-state index >= 15 is 0 Å². The summed E-state index contributed by atoms with van der Waals surface area (Å²) >= 11 is 0. The second kappa shape index (κ2) is 5.30. The lowest BCUT2D eigenvalue weighted by atomic mass is 9.88. The zero-order valence-corrected chi connectivity index (χ0v) is 13.8. The van der Waals surface area contributed by atoms with Crippen molar-refractivity contribution in [1.29, 1.82) is 0 Å². The Morgan fingerprint density at radius 3 is 2.54 bits per heavy atom. The lowest BCUT2D eigenvalue weighted by Gasteiger charge is -2.36. The molecule has 0 aromatic heterocycles. The molecule has 5 heteroatoms. The Hall–Kier alpha value is -2.43. The van der Waals surface area contributed by atoms with E-state index in [1.54, 1.807) is 0 Å². The maximum Gasteiger partial charge on any atom is 0.235 e. The molecule has 2 saturated heterocycles. The fourth-order valence-corrected chi connectivity index (χ4v) is 4.48. The van der Waals surface area contributed by atoms with E-state index in [-0.39, 0.29) is 23.6 Å². The Morgan fingerprint density at radius 2 is 1.83 bits per heavy atom. The van der Waals surface area contributed by atoms with Gasteiger partial charge in [-0.1, -0.05) is 37.3 Å². The number of para-hydroxylation sites is 1. The SMILES string of the molecule is CCCN1C(=O)[C@@H]2[C@H](C1=O)[C@H](C(C)=O)N1c3ccccc3C=C[C@H]21. The molecule has 2 fully saturated rings. The molecule has 0 bridgehead atoms. The van der Waals surface area contributed by atoms with Gasteiger partial charge in [0.15, 0.2) is 5.78 Å². The third-order valence-electron chi connectivity index (χ3n) is 5.37. The van der Waals surface area contributed by atoms with E-state index < -0.39 is 17.9 Å². The van der Waals surface area contributed by atoms with Crippen LogP contribution in [0.5, 0.6) is 0 Å². The van der Waals surface area contributed by atoms with Crippen LogP contribution in [0, 0.1) is 11.8 Å². The van der Waals surface area contributed by atoms with Gasteiger partial charge in [0.2, 0.25) is 11.8 Å². The molecule has 0 saturated carbocycles. The van der Waals surface area contributed by atoms with E-state index in [2.05, 4.69) is 0 Å². The maximum atomic E-state index is 12.9. The number of carbonyl (C=O) groups is 3. The number of anilines is 1. The predicted octanol–water partition coefficient (Wildman–Crippen LogP) is 1.87. The van der Waals surface area contributed by atoms with Gasteiger partial charge < -0.3 is 4.90 Å². The van der Waals surface area contributed by atoms with Crippen molar-refractivity contribution >= 4 is 29.4 Å². The van der Waals surface area contributed by atoms with Crippen LogP contribution in [-0.4, -0.2) is 41.1 Å². The lowest BCUT2D eigenvalue weighted by molar-refractivity contribution is -0.141. The molecule has 4 atom stereocenters. The average Bonchev–Trinajstić information content (AvgIpc) is 3.04. The van der Waals surface area contributed by atoms with Crippen LogP contribution < -0.4 is 4.90 Å². The van der Waals surface area contributed by atoms with Crippen molar-refractivity contribution in [3.05, 3.63) is 35.9 Å². The maximum absolute atomic E-state index is 12.9. The highest BCUT2D eigenvalue weighted by Gasteiger charge is 2.63. The van der Waals surface area contributed by atoms with Gasteiger partial charge in [-0.25, -0.2) is 0 Å². The highest BCUT2D eigenvalue weighted by molar-refractivity contribution is 6.10. The molecular formula is C19H20N2O3. The number of benzene rings is 1. The first-order valence-electron chi connectivity index (χ1n) is 8.47. The van der Waals surface area contributed by atoms with Crippen LogP contribution in [-0.2, 0) is 14.4 Å². The van der Waals surface area contributed by atoms with Crippen LogP contribution in [0.25, 0.3) is 6.08 Å². The minimum atomic E-state index is -0.567. The summed E-state index contributed by atoms with van der Waals surface area (Å²) in [4.78, 5) is 41.5. The van der Waals surface area contributed by atoms with Gasteiger partial charge in [-0.3, -0.25) is 19.3 Å². The zero-order valence-electron chi connectivity index (χ0n) is 13.8. The monoisotopic (exact) mass is 324 g/mol. The van der Waals surface area contributed by atoms with Crippen LogP contribution in [0.3, 0.4) is 0 Å². The average molecular weight is 324 g/mol. The molecule has 1 aromatic carbocycles. The Morgan fingerprint density at radius 1 is 1.12 bits per heavy atom. The van der Waals surface area contributed by atoms with Crippen molar-refractivity contribution in [2.75, 3.05) is 11.4 Å². The molecule has 5 nitrogen and oxygen atoms in total. The Bertz CT molecular complexity index is 770. The predicted molar refractivity (Wildman–Crippen MR) is 90.2 cm³/mol. The molecule has 3 heterocycles. The number of likely N-dealkylation sites (tertiary alicyclic amines) is 1. The summed E-state index contributed by atoms with van der Waals surface area (Å²) in [6.07, 6.45) is 4.70. The van der Waals surface area contributed by atoms with E-state index in [9.17, 15) is 14.4 Å². The molecule has 1 aromatic rings.